The van der Waals surface area contributed by atoms with Crippen LogP contribution in [0.2, 0.25) is 0 Å². The van der Waals surface area contributed by atoms with Gasteiger partial charge >= 0.3 is 0 Å². The van der Waals surface area contributed by atoms with Crippen LogP contribution in [0.15, 0.2) is 114 Å². The number of furan rings is 1. The van der Waals surface area contributed by atoms with E-state index < -0.39 is 0 Å². The van der Waals surface area contributed by atoms with E-state index in [0.717, 1.165) is 44.5 Å². The summed E-state index contributed by atoms with van der Waals surface area (Å²) in [7, 11) is 0. The second kappa shape index (κ2) is 7.01. The molecule has 3 heterocycles. The third kappa shape index (κ3) is 2.63. The molecule has 3 nitrogen and oxygen atoms in total. The molecule has 3 aromatic heterocycles. The van der Waals surface area contributed by atoms with E-state index in [1.54, 1.807) is 0 Å². The number of pyridine rings is 2. The number of para-hydroxylation sites is 1. The lowest BCUT2D eigenvalue weighted by Gasteiger charge is -2.17. The Labute approximate surface area is 190 Å². The number of rotatable bonds is 2. The average molecular weight is 422 g/mol. The Morgan fingerprint density at radius 1 is 0.485 bits per heavy atom. The van der Waals surface area contributed by atoms with Crippen molar-refractivity contribution < 1.29 is 4.42 Å². The molecule has 0 bridgehead atoms. The molecule has 4 aromatic carbocycles. The van der Waals surface area contributed by atoms with Crippen LogP contribution in [0.5, 0.6) is 0 Å². The Balaban J connectivity index is 1.69. The molecule has 0 N–H and O–H groups in total. The van der Waals surface area contributed by atoms with Crippen LogP contribution < -0.4 is 0 Å². The summed E-state index contributed by atoms with van der Waals surface area (Å²) in [6.07, 6.45) is 3.74. The third-order valence-corrected chi connectivity index (χ3v) is 6.38. The first-order chi connectivity index (χ1) is 16.4. The van der Waals surface area contributed by atoms with Crippen LogP contribution in [0.4, 0.5) is 0 Å². The van der Waals surface area contributed by atoms with E-state index in [4.69, 9.17) is 9.40 Å². The number of aromatic nitrogens is 2. The lowest BCUT2D eigenvalue weighted by atomic mass is 9.87. The van der Waals surface area contributed by atoms with Crippen LogP contribution in [0, 0.1) is 0 Å². The summed E-state index contributed by atoms with van der Waals surface area (Å²) < 4.78 is 6.38. The van der Waals surface area contributed by atoms with Crippen molar-refractivity contribution in [2.24, 2.45) is 0 Å². The molecule has 0 aliphatic rings. The molecule has 0 aliphatic heterocycles. The van der Waals surface area contributed by atoms with Crippen molar-refractivity contribution >= 4 is 43.6 Å². The molecule has 33 heavy (non-hydrogen) atoms. The maximum atomic E-state index is 6.38. The second-order valence-corrected chi connectivity index (χ2v) is 8.19. The van der Waals surface area contributed by atoms with Gasteiger partial charge in [-0.1, -0.05) is 66.7 Å². The van der Waals surface area contributed by atoms with Crippen molar-refractivity contribution in [3.63, 3.8) is 0 Å². The zero-order valence-corrected chi connectivity index (χ0v) is 17.7. The van der Waals surface area contributed by atoms with Gasteiger partial charge in [0.2, 0.25) is 0 Å². The number of hydrogen-bond acceptors (Lipinski definition) is 3. The third-order valence-electron chi connectivity index (χ3n) is 6.38. The minimum atomic E-state index is 0.819. The minimum Gasteiger partial charge on any atom is -0.454 e. The number of fused-ring (bicyclic) bond motifs is 5. The standard InChI is InChI=1S/C30H18N2O/c1-3-11-21-19(9-1)27(20-10-2-4-12-22(20)28(21)25-14-7-8-17-31-25)24-16-18-32-29-23-13-5-6-15-26(23)33-30(24)29/h1-18H. The fraction of sp³-hybridized carbons (Fsp3) is 0. The first kappa shape index (κ1) is 18.1. The van der Waals surface area contributed by atoms with Crippen LogP contribution in [0.1, 0.15) is 0 Å². The summed E-state index contributed by atoms with van der Waals surface area (Å²) in [5.74, 6) is 0. The normalized spacial score (nSPS) is 11.6. The molecule has 7 rings (SSSR count). The highest BCUT2D eigenvalue weighted by atomic mass is 16.3. The summed E-state index contributed by atoms with van der Waals surface area (Å²) in [5.41, 5.74) is 6.90. The molecular formula is C30H18N2O. The van der Waals surface area contributed by atoms with Crippen LogP contribution >= 0.6 is 0 Å². The van der Waals surface area contributed by atoms with Gasteiger partial charge in [-0.3, -0.25) is 9.97 Å². The zero-order chi connectivity index (χ0) is 21.8. The fourth-order valence-corrected chi connectivity index (χ4v) is 5.01. The van der Waals surface area contributed by atoms with E-state index >= 15 is 0 Å². The average Bonchev–Trinajstić information content (AvgIpc) is 3.27. The SMILES string of the molecule is c1ccc(-c2c3ccccc3c(-c3ccnc4c3oc3ccccc34)c3ccccc23)nc1. The maximum Gasteiger partial charge on any atom is 0.161 e. The molecule has 0 aliphatic carbocycles. The maximum absolute atomic E-state index is 6.38. The summed E-state index contributed by atoms with van der Waals surface area (Å²) in [6, 6.07) is 33.4. The van der Waals surface area contributed by atoms with Gasteiger partial charge in [-0.25, -0.2) is 0 Å². The van der Waals surface area contributed by atoms with Gasteiger partial charge in [0.15, 0.2) is 5.58 Å². The van der Waals surface area contributed by atoms with Gasteiger partial charge in [0.1, 0.15) is 11.1 Å². The first-order valence-electron chi connectivity index (χ1n) is 11.0. The van der Waals surface area contributed by atoms with Crippen LogP contribution in [0.3, 0.4) is 0 Å². The quantitative estimate of drug-likeness (QED) is 0.265. The van der Waals surface area contributed by atoms with Gasteiger partial charge in [-0.05, 0) is 51.9 Å². The lowest BCUT2D eigenvalue weighted by molar-refractivity contribution is 0.669. The van der Waals surface area contributed by atoms with Crippen molar-refractivity contribution in [2.45, 2.75) is 0 Å². The first-order valence-corrected chi connectivity index (χ1v) is 11.0. The number of nitrogens with zero attached hydrogens (tertiary/aromatic N) is 2. The summed E-state index contributed by atoms with van der Waals surface area (Å²) >= 11 is 0. The summed E-state index contributed by atoms with van der Waals surface area (Å²) in [5, 5.41) is 5.72. The summed E-state index contributed by atoms with van der Waals surface area (Å²) in [4.78, 5) is 9.38. The molecular weight excluding hydrogens is 404 g/mol. The van der Waals surface area contributed by atoms with Gasteiger partial charge in [0, 0.05) is 34.5 Å². The predicted octanol–water partition coefficient (Wildman–Crippen LogP) is 8.02. The van der Waals surface area contributed by atoms with E-state index in [0.29, 0.717) is 0 Å². The van der Waals surface area contributed by atoms with Crippen molar-refractivity contribution in [1.29, 1.82) is 0 Å². The second-order valence-electron chi connectivity index (χ2n) is 8.19. The molecule has 0 saturated heterocycles. The molecule has 3 heteroatoms. The lowest BCUT2D eigenvalue weighted by Crippen LogP contribution is -1.92. The Bertz CT molecular complexity index is 1760. The van der Waals surface area contributed by atoms with E-state index in [-0.39, 0.29) is 0 Å². The molecule has 0 amide bonds. The van der Waals surface area contributed by atoms with Crippen LogP contribution in [-0.4, -0.2) is 9.97 Å². The highest BCUT2D eigenvalue weighted by Crippen LogP contribution is 2.45. The van der Waals surface area contributed by atoms with Crippen LogP contribution in [-0.2, 0) is 0 Å². The molecule has 154 valence electrons. The molecule has 0 spiro atoms. The Morgan fingerprint density at radius 3 is 1.76 bits per heavy atom. The molecule has 0 fully saturated rings. The summed E-state index contributed by atoms with van der Waals surface area (Å²) in [6.45, 7) is 0. The van der Waals surface area contributed by atoms with Gasteiger partial charge in [-0.15, -0.1) is 0 Å². The van der Waals surface area contributed by atoms with E-state index in [1.807, 2.05) is 42.7 Å². The minimum absolute atomic E-state index is 0.819. The molecule has 0 saturated carbocycles. The topological polar surface area (TPSA) is 38.9 Å². The van der Waals surface area contributed by atoms with Gasteiger partial charge in [-0.2, -0.15) is 0 Å². The fourth-order valence-electron chi connectivity index (χ4n) is 5.01. The van der Waals surface area contributed by atoms with Crippen molar-refractivity contribution in [3.05, 3.63) is 109 Å². The van der Waals surface area contributed by atoms with E-state index in [9.17, 15) is 0 Å². The molecule has 7 aromatic rings. The van der Waals surface area contributed by atoms with Crippen molar-refractivity contribution in [1.82, 2.24) is 9.97 Å². The highest BCUT2D eigenvalue weighted by Gasteiger charge is 2.20. The smallest absolute Gasteiger partial charge is 0.161 e. The van der Waals surface area contributed by atoms with Crippen molar-refractivity contribution in [2.75, 3.05) is 0 Å². The molecule has 0 radical (unpaired) electrons. The number of benzene rings is 4. The Morgan fingerprint density at radius 2 is 1.09 bits per heavy atom. The molecule has 0 atom stereocenters. The Hall–Kier alpha value is -4.50. The van der Waals surface area contributed by atoms with Gasteiger partial charge in [0.05, 0.1) is 5.69 Å². The van der Waals surface area contributed by atoms with E-state index in [2.05, 4.69) is 71.7 Å². The predicted molar refractivity (Wildman–Crippen MR) is 135 cm³/mol. The Kier molecular flexibility index (Phi) is 3.84. The monoisotopic (exact) mass is 422 g/mol. The van der Waals surface area contributed by atoms with E-state index in [1.165, 1.54) is 21.5 Å². The van der Waals surface area contributed by atoms with Gasteiger partial charge in [0.25, 0.3) is 0 Å². The highest BCUT2D eigenvalue weighted by molar-refractivity contribution is 6.23. The number of hydrogen-bond donors (Lipinski definition) is 0. The van der Waals surface area contributed by atoms with Crippen LogP contribution in [0.25, 0.3) is 66.0 Å². The molecule has 0 unspecified atom stereocenters. The van der Waals surface area contributed by atoms with Crippen molar-refractivity contribution in [3.8, 4) is 22.4 Å². The van der Waals surface area contributed by atoms with Gasteiger partial charge < -0.3 is 4.42 Å². The zero-order valence-electron chi connectivity index (χ0n) is 17.7. The largest absolute Gasteiger partial charge is 0.454 e.